The Morgan fingerprint density at radius 3 is 1.90 bits per heavy atom. The summed E-state index contributed by atoms with van der Waals surface area (Å²) in [6, 6.07) is 0.485. The summed E-state index contributed by atoms with van der Waals surface area (Å²) in [5, 5.41) is 51.5. The van der Waals surface area contributed by atoms with E-state index in [0.29, 0.717) is 39.6 Å². The van der Waals surface area contributed by atoms with Crippen LogP contribution < -0.4 is 44.6 Å². The molecule has 0 aliphatic carbocycles. The minimum Gasteiger partial charge on any atom is -0.685 e. The van der Waals surface area contributed by atoms with Crippen molar-refractivity contribution in [3.8, 4) is 0 Å². The first kappa shape index (κ1) is 72.6. The summed E-state index contributed by atoms with van der Waals surface area (Å²) >= 11 is 0. The first-order chi connectivity index (χ1) is 41.8. The van der Waals surface area contributed by atoms with E-state index in [1.54, 1.807) is 4.90 Å². The number of rotatable bonds is 26. The molecule has 7 aliphatic rings. The number of nitrogens with one attached hydrogen (secondary N) is 1. The average Bonchev–Trinajstić information content (AvgIpc) is 1.53. The Morgan fingerprint density at radius 1 is 0.747 bits per heavy atom. The van der Waals surface area contributed by atoms with Crippen molar-refractivity contribution in [3.05, 3.63) is 84.2 Å². The number of fused-ring (bicyclic) bond motifs is 10. The molecule has 1 aromatic carbocycles. The van der Waals surface area contributed by atoms with E-state index in [9.17, 15) is 53.2 Å². The molecule has 7 amide bonds. The maximum Gasteiger partial charge on any atom is 0.472 e. The van der Waals surface area contributed by atoms with Crippen molar-refractivity contribution >= 4 is 60.5 Å². The SMILES string of the molecule is C/C1=C2/[N-]C(C(CC(N)=O)C2(C)CCC(=O)NCC(C)OP(=O)(O)OC2C(CO)OC(N3C[N-]c4cc(C)c(C)cc43)C2O)C2(C)[N-]C(/C(C)=C3\[N-]C(/C=C4\[N-]C1C(CCC(N)=O)C4(C)C)C(CCC(N)=O)C3(C)CC(N)=O)C(CCC(N)=O)C2(C)CC(N)=O.[Co]. The zero-order valence-electron chi connectivity index (χ0n) is 53.9. The van der Waals surface area contributed by atoms with Crippen LogP contribution in [0.2, 0.25) is 0 Å². The van der Waals surface area contributed by atoms with Gasteiger partial charge in [-0.05, 0) is 123 Å². The molecule has 0 aromatic heterocycles. The molecule has 0 spiro atoms. The van der Waals surface area contributed by atoms with E-state index < -0.39 is 161 Å². The number of aliphatic hydroxyl groups is 2. The van der Waals surface area contributed by atoms with Crippen molar-refractivity contribution in [2.45, 2.75) is 207 Å². The van der Waals surface area contributed by atoms with Crippen molar-refractivity contribution in [3.63, 3.8) is 0 Å². The van der Waals surface area contributed by atoms with E-state index in [1.165, 1.54) is 6.92 Å². The fourth-order valence-corrected chi connectivity index (χ4v) is 17.4. The number of hydrogen-bond acceptors (Lipinski definition) is 14. The summed E-state index contributed by atoms with van der Waals surface area (Å²) in [6.45, 7) is 19.6. The molecule has 29 heteroatoms. The summed E-state index contributed by atoms with van der Waals surface area (Å²) < 4.78 is 30.8. The summed E-state index contributed by atoms with van der Waals surface area (Å²) in [6.07, 6.45) is -5.27. The molecule has 91 heavy (non-hydrogen) atoms. The number of hydrogen-bond donors (Lipinski definition) is 10. The monoisotopic (exact) mass is 1330 g/mol. The van der Waals surface area contributed by atoms with E-state index in [2.05, 4.69) is 10.6 Å². The predicted octanol–water partition coefficient (Wildman–Crippen LogP) is 5.11. The number of aryl methyl sites for hydroxylation is 2. The van der Waals surface area contributed by atoms with E-state index in [4.69, 9.17) is 69.5 Å². The smallest absolute Gasteiger partial charge is 0.472 e. The minimum absolute atomic E-state index is 0. The van der Waals surface area contributed by atoms with Crippen LogP contribution >= 0.6 is 7.82 Å². The Labute approximate surface area is 543 Å². The Kier molecular flexibility index (Phi) is 21.8. The summed E-state index contributed by atoms with van der Waals surface area (Å²) in [5.74, 6) is -6.85. The topological polar surface area (TPSA) is 467 Å². The zero-order valence-corrected chi connectivity index (χ0v) is 55.8. The van der Waals surface area contributed by atoms with Gasteiger partial charge in [-0.1, -0.05) is 66.4 Å². The quantitative estimate of drug-likeness (QED) is 0.0539. The van der Waals surface area contributed by atoms with Gasteiger partial charge < -0.3 is 91.0 Å². The summed E-state index contributed by atoms with van der Waals surface area (Å²) in [7, 11) is -5.05. The number of amides is 7. The van der Waals surface area contributed by atoms with Crippen LogP contribution in [0.15, 0.2) is 46.4 Å². The molecule has 18 unspecified atom stereocenters. The minimum atomic E-state index is -5.05. The Morgan fingerprint density at radius 2 is 1.32 bits per heavy atom. The number of carbonyl (C=O) groups excluding carboxylic acids is 7. The van der Waals surface area contributed by atoms with Crippen LogP contribution in [0.25, 0.3) is 26.6 Å². The number of primary amides is 6. The van der Waals surface area contributed by atoms with Gasteiger partial charge in [-0.3, -0.25) is 42.6 Å². The van der Waals surface area contributed by atoms with Crippen molar-refractivity contribution < 1.29 is 83.8 Å². The Hall–Kier alpha value is -5.81. The number of anilines is 1. The fourth-order valence-electron chi connectivity index (χ4n) is 16.3. The summed E-state index contributed by atoms with van der Waals surface area (Å²) in [5.41, 5.74) is 36.4. The van der Waals surface area contributed by atoms with Crippen molar-refractivity contribution in [2.75, 3.05) is 24.7 Å². The van der Waals surface area contributed by atoms with E-state index in [-0.39, 0.29) is 101 Å². The number of aliphatic hydroxyl groups excluding tert-OH is 2. The second-order valence-corrected chi connectivity index (χ2v) is 29.0. The van der Waals surface area contributed by atoms with E-state index >= 15 is 0 Å². The van der Waals surface area contributed by atoms with Crippen LogP contribution in [0.4, 0.5) is 11.4 Å². The van der Waals surface area contributed by atoms with Crippen LogP contribution in [-0.2, 0) is 68.7 Å². The van der Waals surface area contributed by atoms with Gasteiger partial charge in [0.1, 0.15) is 18.3 Å². The number of benzene rings is 1. The van der Waals surface area contributed by atoms with Crippen molar-refractivity contribution in [1.82, 2.24) is 5.32 Å². The van der Waals surface area contributed by atoms with E-state index in [0.717, 1.165) is 11.1 Å². The fraction of sp³-hybridized carbons (Fsp3) is 0.694. The molecule has 7 heterocycles. The van der Waals surface area contributed by atoms with Gasteiger partial charge in [0.25, 0.3) is 0 Å². The Balaban J connectivity index is 0.0000118. The second-order valence-electron chi connectivity index (χ2n) is 27.7. The first-order valence-electron chi connectivity index (χ1n) is 31.0. The molecular weight excluding hydrogens is 1240 g/mol. The third-order valence-electron chi connectivity index (χ3n) is 21.3. The number of ether oxygens (including phenoxy) is 1. The maximum atomic E-state index is 14.4. The third kappa shape index (κ3) is 14.0. The van der Waals surface area contributed by atoms with Gasteiger partial charge in [-0.15, -0.1) is 40.5 Å². The van der Waals surface area contributed by atoms with Gasteiger partial charge in [-0.25, -0.2) is 4.57 Å². The average molecular weight is 1330 g/mol. The normalized spacial score (nSPS) is 36.8. The van der Waals surface area contributed by atoms with Crippen LogP contribution in [0.1, 0.15) is 144 Å². The van der Waals surface area contributed by atoms with Gasteiger partial charge >= 0.3 is 7.82 Å². The molecule has 16 N–H and O–H groups in total. The molecule has 8 bridgehead atoms. The molecule has 8 rings (SSSR count). The molecule has 5 saturated heterocycles. The van der Waals surface area contributed by atoms with Crippen LogP contribution in [0.3, 0.4) is 0 Å². The molecule has 27 nitrogen and oxygen atoms in total. The van der Waals surface area contributed by atoms with Crippen LogP contribution in [0, 0.1) is 59.2 Å². The molecule has 1 radical (unpaired) electrons. The predicted molar refractivity (Wildman–Crippen MR) is 335 cm³/mol. The molecular formula is C62H93CoN13O14P-5. The number of phosphoric acid groups is 1. The van der Waals surface area contributed by atoms with Crippen molar-refractivity contribution in [2.24, 2.45) is 79.7 Å². The first-order valence-corrected chi connectivity index (χ1v) is 32.5. The van der Waals surface area contributed by atoms with Gasteiger partial charge in [0.2, 0.25) is 41.4 Å². The second kappa shape index (κ2) is 27.3. The van der Waals surface area contributed by atoms with Crippen LogP contribution in [-0.4, -0.2) is 137 Å². The van der Waals surface area contributed by atoms with Gasteiger partial charge in [0.05, 0.1) is 12.7 Å². The van der Waals surface area contributed by atoms with Gasteiger partial charge in [0.15, 0.2) is 6.23 Å². The molecule has 1 aromatic rings. The number of nitrogens with zero attached hydrogens (tertiary/aromatic N) is 6. The third-order valence-corrected chi connectivity index (χ3v) is 22.5. The standard InChI is InChI=1S/C62H93N13O14P.Co/c1-29-20-39-40(21-30(29)2)75(28-70-39)57-52(84)53(41(27-76)87-57)89-90(85,86)88-31(3)26-69-49(83)18-19-59(8)37(22-46(66)80)56-62(11)61(10,25-48(68)82)36(14-17-45(65)79)51(74-62)33(5)55-60(9,24-47(67)81)34(12-15-43(63)77)38(71-55)23-42-58(6,7)35(13-16-44(64)78)50(72-42)32(4)54(59)73-56;/h20-21,23,31,34-38,41,50-53,56-57,76,84H,12-19,22,24-28H2,1-11H3,(H2,63,77)(H2,64,78)(H2,65,79)(H2,66,80)(H2,67,81)(H2,68,82)(H,69,83)(H,85,86);/q-5;/b42-23-,54-32-,55-33-;. The Bertz CT molecular complexity index is 3190. The number of allylic oxidation sites excluding steroid dienone is 3. The molecule has 18 atom stereocenters. The molecule has 0 saturated carbocycles. The molecule has 5 fully saturated rings. The largest absolute Gasteiger partial charge is 0.685 e. The molecule has 509 valence electrons. The maximum absolute atomic E-state index is 14.4. The summed E-state index contributed by atoms with van der Waals surface area (Å²) in [4.78, 5) is 106. The number of phosphoric ester groups is 1. The van der Waals surface area contributed by atoms with Gasteiger partial charge in [-0.2, -0.15) is 17.1 Å². The van der Waals surface area contributed by atoms with Crippen molar-refractivity contribution in [1.29, 1.82) is 0 Å². The van der Waals surface area contributed by atoms with Crippen LogP contribution in [0.5, 0.6) is 0 Å². The zero-order chi connectivity index (χ0) is 66.7. The molecule has 7 aliphatic heterocycles. The van der Waals surface area contributed by atoms with E-state index in [1.807, 2.05) is 87.4 Å². The number of nitrogens with two attached hydrogens (primary N) is 6. The van der Waals surface area contributed by atoms with Gasteiger partial charge in [0, 0.05) is 74.0 Å². The number of carbonyl (C=O) groups is 7.